The second-order valence-corrected chi connectivity index (χ2v) is 9.47. The van der Waals surface area contributed by atoms with Gasteiger partial charge in [0.15, 0.2) is 15.0 Å². The highest BCUT2D eigenvalue weighted by Gasteiger charge is 2.33. The van der Waals surface area contributed by atoms with Crippen LogP contribution in [0.5, 0.6) is 0 Å². The molecule has 0 radical (unpaired) electrons. The van der Waals surface area contributed by atoms with E-state index in [0.29, 0.717) is 30.0 Å². The van der Waals surface area contributed by atoms with E-state index in [1.54, 1.807) is 10.6 Å². The topological polar surface area (TPSA) is 93.9 Å². The van der Waals surface area contributed by atoms with Crippen molar-refractivity contribution in [2.75, 3.05) is 22.6 Å². The number of rotatable bonds is 7. The zero-order valence-corrected chi connectivity index (χ0v) is 16.4. The molecule has 1 aromatic carbocycles. The molecule has 2 heterocycles. The van der Waals surface area contributed by atoms with Crippen LogP contribution >= 0.6 is 11.8 Å². The number of halogens is 2. The summed E-state index contributed by atoms with van der Waals surface area (Å²) in [5, 5.41) is 11.0. The predicted molar refractivity (Wildman–Crippen MR) is 102 cm³/mol. The number of allylic oxidation sites excluding steroid dienone is 1. The number of carbonyl (C=O) groups excluding carboxylic acids is 1. The zero-order chi connectivity index (χ0) is 20.3. The third-order valence-corrected chi connectivity index (χ3v) is 6.93. The van der Waals surface area contributed by atoms with Crippen LogP contribution in [0.3, 0.4) is 0 Å². The largest absolute Gasteiger partial charge is 0.323 e. The number of hydrogen-bond donors (Lipinski definition) is 1. The van der Waals surface area contributed by atoms with Crippen molar-refractivity contribution in [2.45, 2.75) is 24.0 Å². The number of amides is 1. The second-order valence-electron chi connectivity index (χ2n) is 6.30. The molecule has 0 bridgehead atoms. The highest BCUT2D eigenvalue weighted by atomic mass is 32.2. The Morgan fingerprint density at radius 3 is 2.82 bits per heavy atom. The minimum atomic E-state index is -3.07. The molecule has 0 unspecified atom stereocenters. The molecule has 1 N–H and O–H groups in total. The Morgan fingerprint density at radius 1 is 1.39 bits per heavy atom. The van der Waals surface area contributed by atoms with Gasteiger partial charge in [0.25, 0.3) is 0 Å². The van der Waals surface area contributed by atoms with Gasteiger partial charge in [0.2, 0.25) is 5.91 Å². The summed E-state index contributed by atoms with van der Waals surface area (Å²) in [4.78, 5) is 12.1. The Labute approximate surface area is 165 Å². The molecule has 1 aromatic heterocycles. The molecule has 0 aliphatic carbocycles. The molecular weight excluding hydrogens is 410 g/mol. The summed E-state index contributed by atoms with van der Waals surface area (Å²) in [5.74, 6) is -1.71. The van der Waals surface area contributed by atoms with E-state index < -0.39 is 27.4 Å². The number of aromatic nitrogens is 3. The molecule has 11 heteroatoms. The van der Waals surface area contributed by atoms with Crippen LogP contribution in [0.2, 0.25) is 0 Å². The van der Waals surface area contributed by atoms with E-state index in [9.17, 15) is 22.0 Å². The van der Waals surface area contributed by atoms with Gasteiger partial charge in [-0.05, 0) is 18.6 Å². The number of benzene rings is 1. The number of nitrogens with one attached hydrogen (secondary N) is 1. The monoisotopic (exact) mass is 428 g/mol. The first-order valence-electron chi connectivity index (χ1n) is 8.41. The van der Waals surface area contributed by atoms with Gasteiger partial charge in [-0.15, -0.1) is 16.8 Å². The summed E-state index contributed by atoms with van der Waals surface area (Å²) in [6.07, 6.45) is 2.11. The normalized spacial score (nSPS) is 18.1. The number of nitrogens with zero attached hydrogens (tertiary/aromatic N) is 3. The molecular formula is C17H18F2N4O3S2. The Morgan fingerprint density at radius 2 is 2.18 bits per heavy atom. The lowest BCUT2D eigenvalue weighted by Crippen LogP contribution is -2.16. The standard InChI is InChI=1S/C17H18F2N4O3S2/c1-2-6-23-16(11-5-7-28(25,26)10-11)21-22-17(23)27-9-15(24)20-14-4-3-12(18)8-13(14)19/h2-4,8,11H,1,5-7,9-10H2,(H,20,24)/t11-/m1/s1. The highest BCUT2D eigenvalue weighted by molar-refractivity contribution is 7.99. The number of thioether (sulfide) groups is 1. The summed E-state index contributed by atoms with van der Waals surface area (Å²) >= 11 is 1.09. The van der Waals surface area contributed by atoms with Crippen molar-refractivity contribution >= 4 is 33.2 Å². The van der Waals surface area contributed by atoms with Crippen LogP contribution in [0.25, 0.3) is 0 Å². The van der Waals surface area contributed by atoms with Gasteiger partial charge in [0, 0.05) is 18.5 Å². The fourth-order valence-corrected chi connectivity index (χ4v) is 5.41. The van der Waals surface area contributed by atoms with E-state index in [2.05, 4.69) is 22.1 Å². The Balaban J connectivity index is 1.68. The molecule has 0 spiro atoms. The SMILES string of the molecule is C=CCn1c(SCC(=O)Nc2ccc(F)cc2F)nnc1[C@@H]1CCS(=O)(=O)C1. The summed E-state index contributed by atoms with van der Waals surface area (Å²) in [6, 6.07) is 2.88. The van der Waals surface area contributed by atoms with E-state index in [-0.39, 0.29) is 28.9 Å². The van der Waals surface area contributed by atoms with Crippen LogP contribution in [-0.4, -0.2) is 46.3 Å². The number of sulfone groups is 1. The lowest BCUT2D eigenvalue weighted by molar-refractivity contribution is -0.113. The minimum absolute atomic E-state index is 0.0251. The minimum Gasteiger partial charge on any atom is -0.323 e. The lowest BCUT2D eigenvalue weighted by atomic mass is 10.1. The molecule has 7 nitrogen and oxygen atoms in total. The number of carbonyl (C=O) groups is 1. The Bertz CT molecular complexity index is 1010. The average molecular weight is 428 g/mol. The van der Waals surface area contributed by atoms with Crippen molar-refractivity contribution in [3.63, 3.8) is 0 Å². The maximum Gasteiger partial charge on any atom is 0.234 e. The number of hydrogen-bond acceptors (Lipinski definition) is 6. The first kappa shape index (κ1) is 20.5. The molecule has 1 saturated heterocycles. The lowest BCUT2D eigenvalue weighted by Gasteiger charge is -2.11. The predicted octanol–water partition coefficient (Wildman–Crippen LogP) is 2.38. The van der Waals surface area contributed by atoms with E-state index in [1.807, 2.05) is 0 Å². The molecule has 2 aromatic rings. The molecule has 1 aliphatic rings. The van der Waals surface area contributed by atoms with Gasteiger partial charge in [0.1, 0.15) is 17.5 Å². The van der Waals surface area contributed by atoms with Gasteiger partial charge in [-0.2, -0.15) is 0 Å². The Kier molecular flexibility index (Phi) is 6.14. The van der Waals surface area contributed by atoms with Crippen LogP contribution in [0.1, 0.15) is 18.2 Å². The van der Waals surface area contributed by atoms with Crippen molar-refractivity contribution in [2.24, 2.45) is 0 Å². The molecule has 1 fully saturated rings. The first-order valence-corrected chi connectivity index (χ1v) is 11.2. The van der Waals surface area contributed by atoms with E-state index >= 15 is 0 Å². The molecule has 150 valence electrons. The van der Waals surface area contributed by atoms with Crippen molar-refractivity contribution < 1.29 is 22.0 Å². The highest BCUT2D eigenvalue weighted by Crippen LogP contribution is 2.30. The molecule has 1 atom stereocenters. The molecule has 28 heavy (non-hydrogen) atoms. The van der Waals surface area contributed by atoms with E-state index in [4.69, 9.17) is 0 Å². The van der Waals surface area contributed by atoms with E-state index in [0.717, 1.165) is 23.9 Å². The zero-order valence-electron chi connectivity index (χ0n) is 14.8. The maximum absolute atomic E-state index is 13.6. The smallest absolute Gasteiger partial charge is 0.234 e. The molecule has 1 amide bonds. The first-order chi connectivity index (χ1) is 13.3. The third-order valence-electron chi connectivity index (χ3n) is 4.19. The Hall–Kier alpha value is -2.27. The average Bonchev–Trinajstić information content (AvgIpc) is 3.19. The van der Waals surface area contributed by atoms with Gasteiger partial charge in [-0.3, -0.25) is 4.79 Å². The second kappa shape index (κ2) is 8.39. The summed E-state index contributed by atoms with van der Waals surface area (Å²) < 4.78 is 51.8. The fraction of sp³-hybridized carbons (Fsp3) is 0.353. The van der Waals surface area contributed by atoms with Crippen molar-refractivity contribution in [3.8, 4) is 0 Å². The van der Waals surface area contributed by atoms with Gasteiger partial charge in [-0.1, -0.05) is 17.8 Å². The molecule has 3 rings (SSSR count). The number of anilines is 1. The van der Waals surface area contributed by atoms with Gasteiger partial charge in [-0.25, -0.2) is 17.2 Å². The molecule has 0 saturated carbocycles. The van der Waals surface area contributed by atoms with E-state index in [1.165, 1.54) is 0 Å². The molecule has 1 aliphatic heterocycles. The summed E-state index contributed by atoms with van der Waals surface area (Å²) in [7, 11) is -3.07. The van der Waals surface area contributed by atoms with Crippen LogP contribution < -0.4 is 5.32 Å². The van der Waals surface area contributed by atoms with Gasteiger partial charge in [0.05, 0.1) is 22.9 Å². The van der Waals surface area contributed by atoms with Crippen molar-refractivity contribution in [3.05, 3.63) is 48.3 Å². The fourth-order valence-electron chi connectivity index (χ4n) is 2.92. The summed E-state index contributed by atoms with van der Waals surface area (Å²) in [6.45, 7) is 4.06. The van der Waals surface area contributed by atoms with Gasteiger partial charge < -0.3 is 9.88 Å². The quantitative estimate of drug-likeness (QED) is 0.538. The van der Waals surface area contributed by atoms with Crippen LogP contribution in [0.15, 0.2) is 36.0 Å². The van der Waals surface area contributed by atoms with Crippen molar-refractivity contribution in [1.82, 2.24) is 14.8 Å². The van der Waals surface area contributed by atoms with Crippen molar-refractivity contribution in [1.29, 1.82) is 0 Å². The summed E-state index contributed by atoms with van der Waals surface area (Å²) in [5.41, 5.74) is -0.114. The van der Waals surface area contributed by atoms with Crippen LogP contribution in [0, 0.1) is 11.6 Å². The van der Waals surface area contributed by atoms with Crippen LogP contribution in [-0.2, 0) is 21.2 Å². The van der Waals surface area contributed by atoms with Crippen LogP contribution in [0.4, 0.5) is 14.5 Å². The third kappa shape index (κ3) is 4.76. The van der Waals surface area contributed by atoms with Gasteiger partial charge >= 0.3 is 0 Å². The maximum atomic E-state index is 13.6.